The number of allylic oxidation sites excluding steroid dienone is 5. The highest BCUT2D eigenvalue weighted by atomic mass is 14.7. The van der Waals surface area contributed by atoms with Crippen LogP contribution in [0.3, 0.4) is 0 Å². The molecule has 0 aliphatic heterocycles. The van der Waals surface area contributed by atoms with Gasteiger partial charge in [-0.15, -0.1) is 0 Å². The SMILES string of the molecule is CC.CC.CC1C=CC(=CN=Cc2ccccc2)C=C1. The first-order valence-electron chi connectivity index (χ1n) is 7.49. The molecule has 1 aromatic rings. The van der Waals surface area contributed by atoms with Gasteiger partial charge in [-0.1, -0.05) is 89.3 Å². The minimum atomic E-state index is 0.537. The van der Waals surface area contributed by atoms with E-state index in [1.165, 1.54) is 0 Å². The molecular formula is C19H27N. The summed E-state index contributed by atoms with van der Waals surface area (Å²) in [6.07, 6.45) is 12.3. The third kappa shape index (κ3) is 7.52. The standard InChI is InChI=1S/C15H15N.2C2H6/c1-13-7-9-15(10-8-13)12-16-11-14-5-3-2-4-6-14;2*1-2/h2-13H,1H3;2*1-2H3. The van der Waals surface area contributed by atoms with Gasteiger partial charge in [0.1, 0.15) is 0 Å². The molecule has 0 radical (unpaired) electrons. The molecule has 0 unspecified atom stereocenters. The van der Waals surface area contributed by atoms with Crippen LogP contribution in [0.15, 0.2) is 71.4 Å². The van der Waals surface area contributed by atoms with E-state index in [1.807, 2.05) is 70.4 Å². The topological polar surface area (TPSA) is 12.4 Å². The van der Waals surface area contributed by atoms with E-state index in [1.54, 1.807) is 0 Å². The van der Waals surface area contributed by atoms with Crippen LogP contribution in [0.5, 0.6) is 0 Å². The Bertz CT molecular complexity index is 434. The molecular weight excluding hydrogens is 242 g/mol. The number of rotatable bonds is 2. The largest absolute Gasteiger partial charge is 0.263 e. The van der Waals surface area contributed by atoms with E-state index in [4.69, 9.17) is 0 Å². The van der Waals surface area contributed by atoms with Crippen molar-refractivity contribution >= 4 is 6.21 Å². The molecule has 0 atom stereocenters. The molecule has 0 N–H and O–H groups in total. The van der Waals surface area contributed by atoms with Crippen LogP contribution in [0.2, 0.25) is 0 Å². The fourth-order valence-corrected chi connectivity index (χ4v) is 1.48. The predicted octanol–water partition coefficient (Wildman–Crippen LogP) is 5.80. The Morgan fingerprint density at radius 3 is 2.00 bits per heavy atom. The van der Waals surface area contributed by atoms with Crippen LogP contribution in [-0.4, -0.2) is 6.21 Å². The van der Waals surface area contributed by atoms with Crippen molar-refractivity contribution in [2.75, 3.05) is 0 Å². The summed E-state index contributed by atoms with van der Waals surface area (Å²) in [6.45, 7) is 10.2. The van der Waals surface area contributed by atoms with Crippen molar-refractivity contribution in [3.05, 3.63) is 72.0 Å². The Labute approximate surface area is 124 Å². The van der Waals surface area contributed by atoms with Crippen molar-refractivity contribution in [2.24, 2.45) is 10.9 Å². The zero-order chi connectivity index (χ0) is 15.2. The molecule has 1 aliphatic carbocycles. The van der Waals surface area contributed by atoms with Gasteiger partial charge >= 0.3 is 0 Å². The molecule has 0 amide bonds. The van der Waals surface area contributed by atoms with E-state index in [-0.39, 0.29) is 0 Å². The summed E-state index contributed by atoms with van der Waals surface area (Å²) in [5.74, 6) is 0.537. The van der Waals surface area contributed by atoms with Crippen molar-refractivity contribution in [2.45, 2.75) is 34.6 Å². The molecule has 0 saturated carbocycles. The van der Waals surface area contributed by atoms with Crippen LogP contribution in [0.1, 0.15) is 40.2 Å². The zero-order valence-electron chi connectivity index (χ0n) is 13.4. The summed E-state index contributed by atoms with van der Waals surface area (Å²) in [5.41, 5.74) is 2.27. The van der Waals surface area contributed by atoms with Crippen LogP contribution in [-0.2, 0) is 0 Å². The number of hydrogen-bond acceptors (Lipinski definition) is 1. The number of nitrogens with zero attached hydrogens (tertiary/aromatic N) is 1. The van der Waals surface area contributed by atoms with Gasteiger partial charge in [0.25, 0.3) is 0 Å². The second-order valence-corrected chi connectivity index (χ2v) is 3.90. The van der Waals surface area contributed by atoms with Crippen LogP contribution >= 0.6 is 0 Å². The zero-order valence-corrected chi connectivity index (χ0v) is 13.4. The van der Waals surface area contributed by atoms with E-state index in [0.717, 1.165) is 11.1 Å². The number of benzene rings is 1. The van der Waals surface area contributed by atoms with Gasteiger partial charge in [-0.3, -0.25) is 4.99 Å². The van der Waals surface area contributed by atoms with E-state index in [9.17, 15) is 0 Å². The first kappa shape index (κ1) is 18.1. The Kier molecular flexibility index (Phi) is 11.0. The average molecular weight is 269 g/mol. The molecule has 0 saturated heterocycles. The lowest BCUT2D eigenvalue weighted by Gasteiger charge is -2.04. The van der Waals surface area contributed by atoms with Gasteiger partial charge in [0.15, 0.2) is 0 Å². The van der Waals surface area contributed by atoms with Gasteiger partial charge < -0.3 is 0 Å². The summed E-state index contributed by atoms with van der Waals surface area (Å²) < 4.78 is 0. The Morgan fingerprint density at radius 1 is 0.900 bits per heavy atom. The summed E-state index contributed by atoms with van der Waals surface area (Å²) in [4.78, 5) is 4.30. The molecule has 1 aromatic carbocycles. The normalized spacial score (nSPS) is 16.1. The number of aliphatic imine (C=N–C) groups is 1. The second kappa shape index (κ2) is 12.2. The lowest BCUT2D eigenvalue weighted by molar-refractivity contribution is 0.928. The van der Waals surface area contributed by atoms with Gasteiger partial charge in [0.05, 0.1) is 0 Å². The fourth-order valence-electron chi connectivity index (χ4n) is 1.48. The van der Waals surface area contributed by atoms with E-state index >= 15 is 0 Å². The molecule has 0 spiro atoms. The molecule has 1 nitrogen and oxygen atoms in total. The summed E-state index contributed by atoms with van der Waals surface area (Å²) in [7, 11) is 0. The molecule has 0 bridgehead atoms. The van der Waals surface area contributed by atoms with Crippen molar-refractivity contribution in [3.63, 3.8) is 0 Å². The quantitative estimate of drug-likeness (QED) is 0.601. The van der Waals surface area contributed by atoms with Gasteiger partial charge in [-0.05, 0) is 17.1 Å². The Hall–Kier alpha value is -1.89. The summed E-state index contributed by atoms with van der Waals surface area (Å²) in [5, 5.41) is 0. The van der Waals surface area contributed by atoms with Gasteiger partial charge in [-0.25, -0.2) is 0 Å². The van der Waals surface area contributed by atoms with Crippen molar-refractivity contribution in [1.29, 1.82) is 0 Å². The maximum absolute atomic E-state index is 4.30. The minimum Gasteiger partial charge on any atom is -0.263 e. The van der Waals surface area contributed by atoms with Crippen LogP contribution in [0.25, 0.3) is 0 Å². The van der Waals surface area contributed by atoms with E-state index in [2.05, 4.69) is 36.2 Å². The Morgan fingerprint density at radius 2 is 1.45 bits per heavy atom. The fraction of sp³-hybridized carbons (Fsp3) is 0.316. The first-order valence-corrected chi connectivity index (χ1v) is 7.49. The highest BCUT2D eigenvalue weighted by Crippen LogP contribution is 2.12. The monoisotopic (exact) mass is 269 g/mol. The molecule has 1 heteroatoms. The number of hydrogen-bond donors (Lipinski definition) is 0. The average Bonchev–Trinajstić information content (AvgIpc) is 2.54. The first-order chi connectivity index (χ1) is 9.84. The second-order valence-electron chi connectivity index (χ2n) is 3.90. The summed E-state index contributed by atoms with van der Waals surface area (Å²) in [6, 6.07) is 10.1. The minimum absolute atomic E-state index is 0.537. The van der Waals surface area contributed by atoms with Crippen molar-refractivity contribution < 1.29 is 0 Å². The van der Waals surface area contributed by atoms with Crippen molar-refractivity contribution in [1.82, 2.24) is 0 Å². The molecule has 108 valence electrons. The molecule has 0 fully saturated rings. The maximum Gasteiger partial charge on any atom is 0.0340 e. The third-order valence-electron chi connectivity index (χ3n) is 2.43. The third-order valence-corrected chi connectivity index (χ3v) is 2.43. The predicted molar refractivity (Wildman–Crippen MR) is 92.3 cm³/mol. The van der Waals surface area contributed by atoms with Crippen molar-refractivity contribution in [3.8, 4) is 0 Å². The molecule has 0 heterocycles. The molecule has 1 aliphatic rings. The van der Waals surface area contributed by atoms with Gasteiger partial charge in [0, 0.05) is 12.4 Å². The van der Waals surface area contributed by atoms with Gasteiger partial charge in [0.2, 0.25) is 0 Å². The van der Waals surface area contributed by atoms with Crippen LogP contribution < -0.4 is 0 Å². The van der Waals surface area contributed by atoms with E-state index < -0.39 is 0 Å². The maximum atomic E-state index is 4.30. The highest BCUT2D eigenvalue weighted by Gasteiger charge is 1.96. The molecule has 0 aromatic heterocycles. The highest BCUT2D eigenvalue weighted by molar-refractivity contribution is 5.79. The lowest BCUT2D eigenvalue weighted by Crippen LogP contribution is -1.88. The smallest absolute Gasteiger partial charge is 0.0340 e. The lowest BCUT2D eigenvalue weighted by atomic mass is 10.0. The van der Waals surface area contributed by atoms with Gasteiger partial charge in [-0.2, -0.15) is 0 Å². The summed E-state index contributed by atoms with van der Waals surface area (Å²) >= 11 is 0. The Balaban J connectivity index is 0.000000829. The molecule has 2 rings (SSSR count). The van der Waals surface area contributed by atoms with Crippen LogP contribution in [0, 0.1) is 5.92 Å². The molecule has 20 heavy (non-hydrogen) atoms. The van der Waals surface area contributed by atoms with Crippen LogP contribution in [0.4, 0.5) is 0 Å². The van der Waals surface area contributed by atoms with E-state index in [0.29, 0.717) is 5.92 Å².